The minimum Gasteiger partial charge on any atom is -0.441 e. The third-order valence-electron chi connectivity index (χ3n) is 5.19. The summed E-state index contributed by atoms with van der Waals surface area (Å²) in [7, 11) is -3.63. The van der Waals surface area contributed by atoms with Crippen LogP contribution in [0.4, 0.5) is 0 Å². The van der Waals surface area contributed by atoms with Gasteiger partial charge in [0.2, 0.25) is 15.9 Å². The number of rotatable bonds is 6. The van der Waals surface area contributed by atoms with Crippen LogP contribution in [0.2, 0.25) is 5.02 Å². The maximum atomic E-state index is 12.8. The van der Waals surface area contributed by atoms with E-state index in [9.17, 15) is 13.2 Å². The molecule has 1 fully saturated rings. The van der Waals surface area contributed by atoms with E-state index in [1.807, 2.05) is 30.3 Å². The molecule has 0 bridgehead atoms. The standard InChI is InChI=1S/C22H22ClN3O4S/c23-18-7-4-8-19(15-18)31(28,29)26-13-11-25(12-14-26)22(27)10-9-21-24-16-20(30-21)17-5-2-1-3-6-17/h1-8,15-16H,9-14H2. The number of amides is 1. The van der Waals surface area contributed by atoms with E-state index in [-0.39, 0.29) is 30.3 Å². The van der Waals surface area contributed by atoms with E-state index in [1.54, 1.807) is 23.2 Å². The summed E-state index contributed by atoms with van der Waals surface area (Å²) in [6.45, 7) is 1.19. The third-order valence-corrected chi connectivity index (χ3v) is 7.32. The number of oxazole rings is 1. The number of piperazine rings is 1. The summed E-state index contributed by atoms with van der Waals surface area (Å²) in [6.07, 6.45) is 2.32. The molecule has 31 heavy (non-hydrogen) atoms. The van der Waals surface area contributed by atoms with Crippen molar-refractivity contribution in [2.75, 3.05) is 26.2 Å². The lowest BCUT2D eigenvalue weighted by atomic mass is 10.2. The molecule has 0 saturated carbocycles. The Morgan fingerprint density at radius 2 is 1.77 bits per heavy atom. The van der Waals surface area contributed by atoms with Crippen LogP contribution in [-0.4, -0.2) is 54.7 Å². The fourth-order valence-corrected chi connectivity index (χ4v) is 5.21. The lowest BCUT2D eigenvalue weighted by molar-refractivity contribution is -0.132. The molecule has 1 saturated heterocycles. The van der Waals surface area contributed by atoms with Gasteiger partial charge in [0.05, 0.1) is 11.1 Å². The Morgan fingerprint density at radius 1 is 1.03 bits per heavy atom. The first kappa shape index (κ1) is 21.5. The number of halogens is 1. The summed E-state index contributed by atoms with van der Waals surface area (Å²) < 4.78 is 32.7. The first-order valence-corrected chi connectivity index (χ1v) is 11.8. The molecule has 1 aliphatic heterocycles. The molecule has 0 N–H and O–H groups in total. The van der Waals surface area contributed by atoms with Gasteiger partial charge in [0.15, 0.2) is 11.7 Å². The van der Waals surface area contributed by atoms with Gasteiger partial charge in [-0.2, -0.15) is 4.31 Å². The number of benzene rings is 2. The number of carbonyl (C=O) groups is 1. The minimum absolute atomic E-state index is 0.0423. The highest BCUT2D eigenvalue weighted by molar-refractivity contribution is 7.89. The van der Waals surface area contributed by atoms with Gasteiger partial charge in [-0.25, -0.2) is 13.4 Å². The van der Waals surface area contributed by atoms with Crippen molar-refractivity contribution in [1.82, 2.24) is 14.2 Å². The second-order valence-corrected chi connectivity index (χ2v) is 9.60. The van der Waals surface area contributed by atoms with Gasteiger partial charge in [-0.05, 0) is 18.2 Å². The van der Waals surface area contributed by atoms with Crippen LogP contribution in [0, 0.1) is 0 Å². The maximum Gasteiger partial charge on any atom is 0.243 e. The van der Waals surface area contributed by atoms with Crippen LogP contribution in [0.15, 0.2) is 70.1 Å². The van der Waals surface area contributed by atoms with E-state index in [2.05, 4.69) is 4.98 Å². The Labute approximate surface area is 186 Å². The minimum atomic E-state index is -3.63. The van der Waals surface area contributed by atoms with Gasteiger partial charge in [-0.15, -0.1) is 0 Å². The molecule has 1 amide bonds. The number of carbonyl (C=O) groups excluding carboxylic acids is 1. The summed E-state index contributed by atoms with van der Waals surface area (Å²) in [4.78, 5) is 18.7. The molecule has 0 radical (unpaired) electrons. The molecule has 9 heteroatoms. The molecule has 3 aromatic rings. The third kappa shape index (κ3) is 4.98. The van der Waals surface area contributed by atoms with Gasteiger partial charge in [-0.1, -0.05) is 48.0 Å². The summed E-state index contributed by atoms with van der Waals surface area (Å²) in [5.41, 5.74) is 0.935. The van der Waals surface area contributed by atoms with Gasteiger partial charge in [0.1, 0.15) is 0 Å². The van der Waals surface area contributed by atoms with Gasteiger partial charge in [0.25, 0.3) is 0 Å². The van der Waals surface area contributed by atoms with E-state index < -0.39 is 10.0 Å². The Morgan fingerprint density at radius 3 is 2.48 bits per heavy atom. The van der Waals surface area contributed by atoms with Crippen LogP contribution in [-0.2, 0) is 21.2 Å². The van der Waals surface area contributed by atoms with Crippen molar-refractivity contribution in [3.8, 4) is 11.3 Å². The second-order valence-electron chi connectivity index (χ2n) is 7.23. The molecular formula is C22H22ClN3O4S. The number of sulfonamides is 1. The van der Waals surface area contributed by atoms with Crippen molar-refractivity contribution < 1.29 is 17.6 Å². The van der Waals surface area contributed by atoms with Crippen molar-refractivity contribution in [2.24, 2.45) is 0 Å². The first-order chi connectivity index (χ1) is 14.9. The molecule has 0 aliphatic carbocycles. The van der Waals surface area contributed by atoms with E-state index in [1.165, 1.54) is 16.4 Å². The topological polar surface area (TPSA) is 83.7 Å². The Kier molecular flexibility index (Phi) is 6.41. The summed E-state index contributed by atoms with van der Waals surface area (Å²) in [5, 5.41) is 0.372. The number of nitrogens with zero attached hydrogens (tertiary/aromatic N) is 3. The zero-order valence-corrected chi connectivity index (χ0v) is 18.3. The highest BCUT2D eigenvalue weighted by atomic mass is 35.5. The van der Waals surface area contributed by atoms with E-state index in [0.29, 0.717) is 36.2 Å². The fourth-order valence-electron chi connectivity index (χ4n) is 3.49. The van der Waals surface area contributed by atoms with Crippen molar-refractivity contribution in [3.63, 3.8) is 0 Å². The van der Waals surface area contributed by atoms with Gasteiger partial charge in [-0.3, -0.25) is 4.79 Å². The molecule has 0 unspecified atom stereocenters. The fraction of sp³-hybridized carbons (Fsp3) is 0.273. The number of hydrogen-bond acceptors (Lipinski definition) is 5. The number of aryl methyl sites for hydroxylation is 1. The normalized spacial score (nSPS) is 15.2. The zero-order valence-electron chi connectivity index (χ0n) is 16.8. The first-order valence-electron chi connectivity index (χ1n) is 9.97. The molecule has 1 aliphatic rings. The molecule has 1 aromatic heterocycles. The van der Waals surface area contributed by atoms with Crippen molar-refractivity contribution in [1.29, 1.82) is 0 Å². The summed E-state index contributed by atoms with van der Waals surface area (Å²) in [6, 6.07) is 15.9. The maximum absolute atomic E-state index is 12.8. The van der Waals surface area contributed by atoms with Crippen LogP contribution >= 0.6 is 11.6 Å². The predicted octanol–water partition coefficient (Wildman–Crippen LogP) is 3.46. The zero-order chi connectivity index (χ0) is 21.8. The Balaban J connectivity index is 1.30. The quantitative estimate of drug-likeness (QED) is 0.563. The summed E-state index contributed by atoms with van der Waals surface area (Å²) in [5.74, 6) is 1.14. The van der Waals surface area contributed by atoms with E-state index in [4.69, 9.17) is 16.0 Å². The summed E-state index contributed by atoms with van der Waals surface area (Å²) >= 11 is 5.93. The smallest absolute Gasteiger partial charge is 0.243 e. The predicted molar refractivity (Wildman–Crippen MR) is 117 cm³/mol. The molecule has 162 valence electrons. The lowest BCUT2D eigenvalue weighted by Gasteiger charge is -2.34. The molecule has 4 rings (SSSR count). The molecule has 0 atom stereocenters. The molecule has 2 aromatic carbocycles. The number of hydrogen-bond donors (Lipinski definition) is 0. The van der Waals surface area contributed by atoms with Crippen LogP contribution in [0.25, 0.3) is 11.3 Å². The Hall–Kier alpha value is -2.68. The van der Waals surface area contributed by atoms with Crippen LogP contribution in [0.3, 0.4) is 0 Å². The van der Waals surface area contributed by atoms with Crippen molar-refractivity contribution in [3.05, 3.63) is 71.7 Å². The SMILES string of the molecule is O=C(CCc1ncc(-c2ccccc2)o1)N1CCN(S(=O)(=O)c2cccc(Cl)c2)CC1. The van der Waals surface area contributed by atoms with Crippen LogP contribution in [0.1, 0.15) is 12.3 Å². The molecule has 0 spiro atoms. The molecule has 2 heterocycles. The average molecular weight is 460 g/mol. The Bertz CT molecular complexity index is 1160. The second kappa shape index (κ2) is 9.21. The van der Waals surface area contributed by atoms with Crippen molar-refractivity contribution >= 4 is 27.5 Å². The van der Waals surface area contributed by atoms with Crippen molar-refractivity contribution in [2.45, 2.75) is 17.7 Å². The molecular weight excluding hydrogens is 438 g/mol. The monoisotopic (exact) mass is 459 g/mol. The van der Waals surface area contributed by atoms with Gasteiger partial charge in [0, 0.05) is 49.6 Å². The largest absolute Gasteiger partial charge is 0.441 e. The van der Waals surface area contributed by atoms with Crippen LogP contribution < -0.4 is 0 Å². The average Bonchev–Trinajstić information content (AvgIpc) is 3.27. The highest BCUT2D eigenvalue weighted by Gasteiger charge is 2.30. The molecule has 7 nitrogen and oxygen atoms in total. The van der Waals surface area contributed by atoms with E-state index >= 15 is 0 Å². The van der Waals surface area contributed by atoms with Crippen LogP contribution in [0.5, 0.6) is 0 Å². The van der Waals surface area contributed by atoms with Gasteiger partial charge < -0.3 is 9.32 Å². The van der Waals surface area contributed by atoms with Gasteiger partial charge >= 0.3 is 0 Å². The number of aromatic nitrogens is 1. The lowest BCUT2D eigenvalue weighted by Crippen LogP contribution is -2.50. The van der Waals surface area contributed by atoms with E-state index in [0.717, 1.165) is 5.56 Å². The highest BCUT2D eigenvalue weighted by Crippen LogP contribution is 2.22.